The topological polar surface area (TPSA) is 49.4 Å². The van der Waals surface area contributed by atoms with Crippen LogP contribution in [0, 0.1) is 13.8 Å². The van der Waals surface area contributed by atoms with Crippen molar-refractivity contribution >= 4 is 45.2 Å². The van der Waals surface area contributed by atoms with Gasteiger partial charge in [-0.15, -0.1) is 0 Å². The third-order valence-corrected chi connectivity index (χ3v) is 6.15. The van der Waals surface area contributed by atoms with Crippen LogP contribution in [0.3, 0.4) is 0 Å². The zero-order chi connectivity index (χ0) is 22.0. The summed E-state index contributed by atoms with van der Waals surface area (Å²) in [7, 11) is 0. The molecule has 1 atom stereocenters. The lowest BCUT2D eigenvalue weighted by atomic mass is 9.81. The van der Waals surface area contributed by atoms with Crippen LogP contribution in [0.2, 0.25) is 0 Å². The number of rotatable bonds is 5. The first-order valence-corrected chi connectivity index (χ1v) is 10.9. The van der Waals surface area contributed by atoms with Crippen molar-refractivity contribution in [3.8, 4) is 0 Å². The Bertz CT molecular complexity index is 1140. The van der Waals surface area contributed by atoms with Gasteiger partial charge in [-0.1, -0.05) is 70.5 Å². The van der Waals surface area contributed by atoms with E-state index in [0.717, 1.165) is 26.9 Å². The zero-order valence-corrected chi connectivity index (χ0v) is 19.0. The number of para-hydroxylation sites is 1. The third-order valence-electron chi connectivity index (χ3n) is 5.62. The molecule has 1 aliphatic rings. The molecule has 0 aliphatic carbocycles. The molecule has 5 heteroatoms. The molecule has 0 spiro atoms. The summed E-state index contributed by atoms with van der Waals surface area (Å²) in [5.41, 5.74) is 3.31. The number of β-lactam (4-membered cyclic amide) rings is 1. The van der Waals surface area contributed by atoms with Crippen LogP contribution in [-0.4, -0.2) is 17.4 Å². The molecule has 4 nitrogen and oxygen atoms in total. The average Bonchev–Trinajstić information content (AvgIpc) is 2.75. The molecule has 4 rings (SSSR count). The van der Waals surface area contributed by atoms with Gasteiger partial charge < -0.3 is 5.32 Å². The molecule has 1 fully saturated rings. The van der Waals surface area contributed by atoms with Gasteiger partial charge in [0.25, 0.3) is 5.91 Å². The van der Waals surface area contributed by atoms with Gasteiger partial charge in [0.05, 0.1) is 6.42 Å². The number of halogens is 1. The van der Waals surface area contributed by atoms with Crippen LogP contribution in [0.25, 0.3) is 6.08 Å². The molecule has 1 saturated heterocycles. The molecule has 0 radical (unpaired) electrons. The number of carbonyl (C=O) groups excluding carboxylic acids is 2. The van der Waals surface area contributed by atoms with Gasteiger partial charge in [-0.2, -0.15) is 0 Å². The van der Waals surface area contributed by atoms with E-state index in [1.165, 1.54) is 0 Å². The molecular weight excluding hydrogens is 452 g/mol. The summed E-state index contributed by atoms with van der Waals surface area (Å²) in [6.45, 7) is 3.93. The van der Waals surface area contributed by atoms with Gasteiger partial charge in [-0.3, -0.25) is 14.5 Å². The molecule has 0 aromatic heterocycles. The minimum atomic E-state index is -1.10. The smallest absolute Gasteiger partial charge is 0.255 e. The van der Waals surface area contributed by atoms with E-state index in [2.05, 4.69) is 21.2 Å². The molecule has 1 heterocycles. The van der Waals surface area contributed by atoms with Crippen molar-refractivity contribution in [2.45, 2.75) is 25.8 Å². The normalized spacial score (nSPS) is 18.2. The van der Waals surface area contributed by atoms with Gasteiger partial charge in [-0.25, -0.2) is 0 Å². The highest BCUT2D eigenvalue weighted by Gasteiger charge is 2.55. The average molecular weight is 475 g/mol. The molecule has 2 amide bonds. The number of hydrogen-bond donors (Lipinski definition) is 1. The Morgan fingerprint density at radius 1 is 0.968 bits per heavy atom. The highest BCUT2D eigenvalue weighted by Crippen LogP contribution is 2.40. The summed E-state index contributed by atoms with van der Waals surface area (Å²) < 4.78 is 0.912. The van der Waals surface area contributed by atoms with E-state index in [9.17, 15) is 9.59 Å². The summed E-state index contributed by atoms with van der Waals surface area (Å²) in [4.78, 5) is 28.0. The predicted octanol–water partition coefficient (Wildman–Crippen LogP) is 5.89. The fourth-order valence-electron chi connectivity index (χ4n) is 3.91. The quantitative estimate of drug-likeness (QED) is 0.468. The highest BCUT2D eigenvalue weighted by atomic mass is 79.9. The Labute approximate surface area is 190 Å². The van der Waals surface area contributed by atoms with Crippen molar-refractivity contribution in [2.24, 2.45) is 0 Å². The molecule has 0 bridgehead atoms. The predicted molar refractivity (Wildman–Crippen MR) is 129 cm³/mol. The fourth-order valence-corrected chi connectivity index (χ4v) is 4.17. The standard InChI is InChI=1S/C26H23BrN2O2/c1-18-7-6-8-19(2)24(18)28-25(31)26(16-15-20-9-4-3-5-10-20)17-23(30)29(26)22-13-11-21(27)12-14-22/h3-16H,17H2,1-2H3,(H,28,31)/b16-15-/t26-/m0/s1. The summed E-state index contributed by atoms with van der Waals surface area (Å²) >= 11 is 3.43. The SMILES string of the molecule is Cc1cccc(C)c1NC(=O)[C@]1(/C=C\c2ccccc2)CC(=O)N1c1ccc(Br)cc1. The maximum Gasteiger partial charge on any atom is 0.255 e. The van der Waals surface area contributed by atoms with Crippen molar-refractivity contribution in [3.63, 3.8) is 0 Å². The lowest BCUT2D eigenvalue weighted by molar-refractivity contribution is -0.134. The molecule has 1 aliphatic heterocycles. The van der Waals surface area contributed by atoms with Gasteiger partial charge in [0.2, 0.25) is 5.91 Å². The van der Waals surface area contributed by atoms with Gasteiger partial charge in [0.1, 0.15) is 0 Å². The number of nitrogens with one attached hydrogen (secondary N) is 1. The van der Waals surface area contributed by atoms with Crippen LogP contribution in [0.15, 0.2) is 83.3 Å². The van der Waals surface area contributed by atoms with Crippen molar-refractivity contribution in [1.82, 2.24) is 0 Å². The second-order valence-corrected chi connectivity index (χ2v) is 8.69. The highest BCUT2D eigenvalue weighted by molar-refractivity contribution is 9.10. The Kier molecular flexibility index (Phi) is 5.79. The van der Waals surface area contributed by atoms with Crippen LogP contribution in [0.5, 0.6) is 0 Å². The first-order valence-electron chi connectivity index (χ1n) is 10.1. The molecule has 0 unspecified atom stereocenters. The molecular formula is C26H23BrN2O2. The van der Waals surface area contributed by atoms with Crippen molar-refractivity contribution < 1.29 is 9.59 Å². The number of hydrogen-bond acceptors (Lipinski definition) is 2. The first-order chi connectivity index (χ1) is 14.9. The number of benzene rings is 3. The van der Waals surface area contributed by atoms with Crippen molar-refractivity contribution in [3.05, 3.63) is 100 Å². The lowest BCUT2D eigenvalue weighted by Crippen LogP contribution is -2.68. The maximum absolute atomic E-state index is 13.7. The van der Waals surface area contributed by atoms with Crippen LogP contribution in [-0.2, 0) is 9.59 Å². The largest absolute Gasteiger partial charge is 0.323 e. The van der Waals surface area contributed by atoms with E-state index in [-0.39, 0.29) is 18.2 Å². The molecule has 1 N–H and O–H groups in total. The lowest BCUT2D eigenvalue weighted by Gasteiger charge is -2.49. The summed E-state index contributed by atoms with van der Waals surface area (Å²) in [6.07, 6.45) is 3.86. The van der Waals surface area contributed by atoms with Crippen LogP contribution >= 0.6 is 15.9 Å². The molecule has 3 aromatic rings. The number of carbonyl (C=O) groups is 2. The summed E-state index contributed by atoms with van der Waals surface area (Å²) in [5, 5.41) is 3.10. The zero-order valence-electron chi connectivity index (χ0n) is 17.4. The van der Waals surface area contributed by atoms with Gasteiger partial charge in [0.15, 0.2) is 5.54 Å². The second kappa shape index (κ2) is 8.52. The van der Waals surface area contributed by atoms with E-state index in [4.69, 9.17) is 0 Å². The molecule has 3 aromatic carbocycles. The maximum atomic E-state index is 13.7. The second-order valence-electron chi connectivity index (χ2n) is 7.77. The summed E-state index contributed by atoms with van der Waals surface area (Å²) in [5.74, 6) is -0.309. The third kappa shape index (κ3) is 4.06. The molecule has 156 valence electrons. The molecule has 31 heavy (non-hydrogen) atoms. The van der Waals surface area contributed by atoms with Gasteiger partial charge >= 0.3 is 0 Å². The number of anilines is 2. The van der Waals surface area contributed by atoms with E-state index < -0.39 is 5.54 Å². The van der Waals surface area contributed by atoms with Crippen molar-refractivity contribution in [2.75, 3.05) is 10.2 Å². The summed E-state index contributed by atoms with van der Waals surface area (Å²) in [6, 6.07) is 23.1. The number of amides is 2. The Morgan fingerprint density at radius 3 is 2.23 bits per heavy atom. The van der Waals surface area contributed by atoms with E-state index in [1.54, 1.807) is 4.90 Å². The van der Waals surface area contributed by atoms with Crippen LogP contribution < -0.4 is 10.2 Å². The van der Waals surface area contributed by atoms with E-state index in [1.807, 2.05) is 98.8 Å². The molecule has 0 saturated carbocycles. The minimum absolute atomic E-state index is 0.0864. The van der Waals surface area contributed by atoms with Crippen LogP contribution in [0.4, 0.5) is 11.4 Å². The Hall–Kier alpha value is -3.18. The van der Waals surface area contributed by atoms with E-state index in [0.29, 0.717) is 5.69 Å². The van der Waals surface area contributed by atoms with Crippen molar-refractivity contribution in [1.29, 1.82) is 0 Å². The fraction of sp³-hybridized carbons (Fsp3) is 0.154. The number of nitrogens with zero attached hydrogens (tertiary/aromatic N) is 1. The van der Waals surface area contributed by atoms with Crippen LogP contribution in [0.1, 0.15) is 23.1 Å². The first kappa shape index (κ1) is 21.1. The Morgan fingerprint density at radius 2 is 1.61 bits per heavy atom. The van der Waals surface area contributed by atoms with Gasteiger partial charge in [0, 0.05) is 15.8 Å². The minimum Gasteiger partial charge on any atom is -0.323 e. The monoisotopic (exact) mass is 474 g/mol. The van der Waals surface area contributed by atoms with Gasteiger partial charge in [-0.05, 0) is 60.9 Å². The Balaban J connectivity index is 1.75. The number of aryl methyl sites for hydroxylation is 2. The van der Waals surface area contributed by atoms with E-state index >= 15 is 0 Å².